The average Bonchev–Trinajstić information content (AvgIpc) is 2.50. The molecule has 2 saturated heterocycles. The number of aliphatic hydroxyl groups is 5. The lowest BCUT2D eigenvalue weighted by Gasteiger charge is -2.43. The number of aliphatic hydroxyl groups excluding tert-OH is 5. The summed E-state index contributed by atoms with van der Waals surface area (Å²) in [4.78, 5) is 11.3. The van der Waals surface area contributed by atoms with Crippen LogP contribution < -0.4 is 5.32 Å². The van der Waals surface area contributed by atoms with Gasteiger partial charge in [0.25, 0.3) is 0 Å². The van der Waals surface area contributed by atoms with Crippen molar-refractivity contribution in [3.05, 3.63) is 0 Å². The molecule has 3 unspecified atom stereocenters. The molecule has 2 aliphatic rings. The molecule has 134 valence electrons. The molecule has 0 radical (unpaired) electrons. The second-order valence-electron chi connectivity index (χ2n) is 5.70. The summed E-state index contributed by atoms with van der Waals surface area (Å²) in [5.41, 5.74) is 0. The average molecular weight is 337 g/mol. The topological polar surface area (TPSA) is 158 Å². The van der Waals surface area contributed by atoms with Gasteiger partial charge in [0.1, 0.15) is 36.6 Å². The van der Waals surface area contributed by atoms with Crippen LogP contribution in [0.25, 0.3) is 0 Å². The number of hydrogen-bond donors (Lipinski definition) is 6. The summed E-state index contributed by atoms with van der Waals surface area (Å²) < 4.78 is 15.9. The fourth-order valence-corrected chi connectivity index (χ4v) is 2.65. The van der Waals surface area contributed by atoms with E-state index in [1.165, 1.54) is 6.92 Å². The molecule has 23 heavy (non-hydrogen) atoms. The van der Waals surface area contributed by atoms with Gasteiger partial charge in [-0.3, -0.25) is 4.79 Å². The number of carbonyl (C=O) groups is 1. The molecule has 0 aliphatic carbocycles. The fourth-order valence-electron chi connectivity index (χ4n) is 2.65. The lowest BCUT2D eigenvalue weighted by Crippen LogP contribution is -2.63. The number of amides is 1. The van der Waals surface area contributed by atoms with Crippen LogP contribution in [0.5, 0.6) is 0 Å². The molecule has 10 heteroatoms. The maximum Gasteiger partial charge on any atom is 0.217 e. The van der Waals surface area contributed by atoms with Gasteiger partial charge in [-0.25, -0.2) is 0 Å². The summed E-state index contributed by atoms with van der Waals surface area (Å²) in [5, 5.41) is 51.0. The second-order valence-corrected chi connectivity index (χ2v) is 5.70. The Balaban J connectivity index is 2.09. The fraction of sp³-hybridized carbons (Fsp3) is 0.923. The van der Waals surface area contributed by atoms with Gasteiger partial charge in [0, 0.05) is 6.92 Å². The van der Waals surface area contributed by atoms with E-state index in [9.17, 15) is 30.3 Å². The first-order chi connectivity index (χ1) is 10.8. The molecule has 2 fully saturated rings. The molecule has 0 spiro atoms. The monoisotopic (exact) mass is 337 g/mol. The van der Waals surface area contributed by atoms with Crippen molar-refractivity contribution in [1.82, 2.24) is 5.32 Å². The Kier molecular flexibility index (Phi) is 6.28. The van der Waals surface area contributed by atoms with Crippen LogP contribution in [0.1, 0.15) is 6.92 Å². The molecule has 6 N–H and O–H groups in total. The van der Waals surface area contributed by atoms with Gasteiger partial charge in [0.05, 0.1) is 25.9 Å². The maximum atomic E-state index is 11.3. The summed E-state index contributed by atoms with van der Waals surface area (Å²) >= 11 is 0. The van der Waals surface area contributed by atoms with Gasteiger partial charge in [0.2, 0.25) is 5.91 Å². The third-order valence-corrected chi connectivity index (χ3v) is 3.92. The first kappa shape index (κ1) is 18.5. The van der Waals surface area contributed by atoms with Crippen molar-refractivity contribution in [2.24, 2.45) is 0 Å². The zero-order chi connectivity index (χ0) is 17.1. The minimum absolute atomic E-state index is 0.0134. The number of nitrogens with one attached hydrogen (secondary N) is 1. The molecule has 0 bridgehead atoms. The molecule has 2 rings (SSSR count). The molecular formula is C13H23NO9. The third-order valence-electron chi connectivity index (χ3n) is 3.92. The Morgan fingerprint density at radius 3 is 2.43 bits per heavy atom. The van der Waals surface area contributed by atoms with Crippen LogP contribution in [0.15, 0.2) is 0 Å². The number of carbonyl (C=O) groups excluding carboxylic acids is 1. The molecule has 0 aromatic carbocycles. The number of ether oxygens (including phenoxy) is 3. The van der Waals surface area contributed by atoms with Crippen LogP contribution >= 0.6 is 0 Å². The lowest BCUT2D eigenvalue weighted by molar-refractivity contribution is -0.305. The van der Waals surface area contributed by atoms with E-state index in [0.717, 1.165) is 0 Å². The van der Waals surface area contributed by atoms with E-state index in [1.54, 1.807) is 0 Å². The molecule has 0 aromatic heterocycles. The minimum Gasteiger partial charge on any atom is -0.394 e. The smallest absolute Gasteiger partial charge is 0.217 e. The normalized spacial score (nSPS) is 44.8. The first-order valence-corrected chi connectivity index (χ1v) is 7.34. The Morgan fingerprint density at radius 2 is 1.83 bits per heavy atom. The quantitative estimate of drug-likeness (QED) is 0.301. The SMILES string of the molecule is CC(=O)NC1COC(CO)[C@@H](O)[C@@H]1O[C@@H]1OC[C@@H](O)[C@H](O)C1O. The van der Waals surface area contributed by atoms with Crippen molar-refractivity contribution >= 4 is 5.91 Å². The summed E-state index contributed by atoms with van der Waals surface area (Å²) in [6.45, 7) is 0.563. The van der Waals surface area contributed by atoms with Crippen molar-refractivity contribution in [2.45, 2.75) is 55.9 Å². The molecule has 1 amide bonds. The molecule has 0 saturated carbocycles. The van der Waals surface area contributed by atoms with Gasteiger partial charge in [-0.1, -0.05) is 0 Å². The minimum atomic E-state index is -1.53. The molecule has 10 nitrogen and oxygen atoms in total. The molecule has 2 heterocycles. The van der Waals surface area contributed by atoms with Crippen molar-refractivity contribution in [1.29, 1.82) is 0 Å². The largest absolute Gasteiger partial charge is 0.394 e. The zero-order valence-electron chi connectivity index (χ0n) is 12.6. The van der Waals surface area contributed by atoms with E-state index < -0.39 is 55.6 Å². The highest BCUT2D eigenvalue weighted by Crippen LogP contribution is 2.24. The summed E-state index contributed by atoms with van der Waals surface area (Å²) in [5.74, 6) is -0.373. The highest BCUT2D eigenvalue weighted by Gasteiger charge is 2.45. The number of rotatable bonds is 4. The van der Waals surface area contributed by atoms with E-state index in [-0.39, 0.29) is 19.1 Å². The molecule has 2 aliphatic heterocycles. The lowest BCUT2D eigenvalue weighted by atomic mass is 9.97. The van der Waals surface area contributed by atoms with Gasteiger partial charge in [-0.2, -0.15) is 0 Å². The number of hydrogen-bond acceptors (Lipinski definition) is 9. The van der Waals surface area contributed by atoms with Crippen LogP contribution in [0.3, 0.4) is 0 Å². The van der Waals surface area contributed by atoms with Gasteiger partial charge in [-0.15, -0.1) is 0 Å². The predicted molar refractivity (Wildman–Crippen MR) is 73.1 cm³/mol. The molecule has 0 aromatic rings. The van der Waals surface area contributed by atoms with Gasteiger partial charge in [0.15, 0.2) is 6.29 Å². The van der Waals surface area contributed by atoms with Gasteiger partial charge >= 0.3 is 0 Å². The summed E-state index contributed by atoms with van der Waals surface area (Å²) in [6, 6.07) is -0.731. The predicted octanol–water partition coefficient (Wildman–Crippen LogP) is -3.93. The Morgan fingerprint density at radius 1 is 1.13 bits per heavy atom. The van der Waals surface area contributed by atoms with Crippen LogP contribution in [0.4, 0.5) is 0 Å². The first-order valence-electron chi connectivity index (χ1n) is 7.34. The Bertz CT molecular complexity index is 409. The van der Waals surface area contributed by atoms with Crippen molar-refractivity contribution in [3.63, 3.8) is 0 Å². The van der Waals surface area contributed by atoms with Crippen LogP contribution in [0.2, 0.25) is 0 Å². The molecular weight excluding hydrogens is 314 g/mol. The second kappa shape index (κ2) is 7.81. The highest BCUT2D eigenvalue weighted by molar-refractivity contribution is 5.73. The van der Waals surface area contributed by atoms with Crippen molar-refractivity contribution < 1.29 is 44.5 Å². The van der Waals surface area contributed by atoms with E-state index >= 15 is 0 Å². The maximum absolute atomic E-state index is 11.3. The van der Waals surface area contributed by atoms with E-state index in [2.05, 4.69) is 5.32 Å². The van der Waals surface area contributed by atoms with Crippen molar-refractivity contribution in [3.8, 4) is 0 Å². The van der Waals surface area contributed by atoms with Gasteiger partial charge < -0.3 is 45.1 Å². The van der Waals surface area contributed by atoms with Crippen LogP contribution in [-0.2, 0) is 19.0 Å². The van der Waals surface area contributed by atoms with Gasteiger partial charge in [-0.05, 0) is 0 Å². The van der Waals surface area contributed by atoms with E-state index in [0.29, 0.717) is 0 Å². The third kappa shape index (κ3) is 4.17. The summed E-state index contributed by atoms with van der Waals surface area (Å²) in [7, 11) is 0. The van der Waals surface area contributed by atoms with Crippen LogP contribution in [-0.4, -0.2) is 100 Å². The summed E-state index contributed by atoms with van der Waals surface area (Å²) in [6.07, 6.45) is -8.78. The highest BCUT2D eigenvalue weighted by atomic mass is 16.7. The standard InChI is InChI=1S/C13H23NO9/c1-5(16)14-6-3-21-8(2-15)10(19)12(6)23-13-11(20)9(18)7(17)4-22-13/h6-13,15,17-20H,2-4H2,1H3,(H,14,16)/t6?,7-,8?,9+,10-,11?,12-,13+/m1/s1. The zero-order valence-corrected chi connectivity index (χ0v) is 12.6. The van der Waals surface area contributed by atoms with Crippen molar-refractivity contribution in [2.75, 3.05) is 19.8 Å². The Hall–Kier alpha value is -0.850. The van der Waals surface area contributed by atoms with Crippen LogP contribution in [0, 0.1) is 0 Å². The van der Waals surface area contributed by atoms with E-state index in [1.807, 2.05) is 0 Å². The Labute approximate surface area is 132 Å². The van der Waals surface area contributed by atoms with E-state index in [4.69, 9.17) is 14.2 Å². The molecule has 8 atom stereocenters.